The molecule has 0 fully saturated rings. The highest BCUT2D eigenvalue weighted by Crippen LogP contribution is 2.38. The van der Waals surface area contributed by atoms with Crippen LogP contribution in [0.2, 0.25) is 0 Å². The summed E-state index contributed by atoms with van der Waals surface area (Å²) >= 11 is 0. The van der Waals surface area contributed by atoms with Gasteiger partial charge in [-0.1, -0.05) is 24.3 Å². The second-order valence-corrected chi connectivity index (χ2v) is 4.93. The number of carbonyl (C=O) groups excluding carboxylic acids is 2. The number of hydrogen-bond acceptors (Lipinski definition) is 2. The monoisotopic (exact) mass is 242 g/mol. The quantitative estimate of drug-likeness (QED) is 0.713. The van der Waals surface area contributed by atoms with Gasteiger partial charge in [0.1, 0.15) is 0 Å². The van der Waals surface area contributed by atoms with E-state index < -0.39 is 0 Å². The second kappa shape index (κ2) is 5.30. The highest BCUT2D eigenvalue weighted by atomic mass is 16.1. The summed E-state index contributed by atoms with van der Waals surface area (Å²) in [6.07, 6.45) is 12.1. The van der Waals surface area contributed by atoms with Crippen LogP contribution in [0.1, 0.15) is 12.8 Å². The van der Waals surface area contributed by atoms with Crippen molar-refractivity contribution >= 4 is 11.6 Å². The zero-order valence-corrected chi connectivity index (χ0v) is 10.4. The van der Waals surface area contributed by atoms with Crippen LogP contribution in [0.15, 0.2) is 49.6 Å². The lowest BCUT2D eigenvalue weighted by molar-refractivity contribution is -0.130. The first-order valence-electron chi connectivity index (χ1n) is 6.35. The van der Waals surface area contributed by atoms with Gasteiger partial charge in [-0.2, -0.15) is 0 Å². The van der Waals surface area contributed by atoms with Crippen LogP contribution in [0.25, 0.3) is 0 Å². The van der Waals surface area contributed by atoms with Crippen LogP contribution in [-0.4, -0.2) is 11.6 Å². The van der Waals surface area contributed by atoms with E-state index in [0.29, 0.717) is 0 Å². The highest BCUT2D eigenvalue weighted by Gasteiger charge is 2.41. The second-order valence-electron chi connectivity index (χ2n) is 4.93. The van der Waals surface area contributed by atoms with Crippen molar-refractivity contribution in [3.8, 4) is 0 Å². The van der Waals surface area contributed by atoms with Crippen molar-refractivity contribution in [3.63, 3.8) is 0 Å². The van der Waals surface area contributed by atoms with Crippen LogP contribution in [0, 0.1) is 23.7 Å². The largest absolute Gasteiger partial charge is 0.295 e. The van der Waals surface area contributed by atoms with Crippen molar-refractivity contribution in [3.05, 3.63) is 49.6 Å². The molecule has 0 saturated carbocycles. The zero-order chi connectivity index (χ0) is 13.1. The third kappa shape index (κ3) is 2.15. The Bertz CT molecular complexity index is 400. The van der Waals surface area contributed by atoms with E-state index in [-0.39, 0.29) is 35.2 Å². The van der Waals surface area contributed by atoms with Gasteiger partial charge in [0.2, 0.25) is 0 Å². The van der Waals surface area contributed by atoms with Crippen LogP contribution in [-0.2, 0) is 9.59 Å². The number of ketones is 2. The fraction of sp³-hybridized carbons (Fsp3) is 0.375. The van der Waals surface area contributed by atoms with E-state index in [2.05, 4.69) is 13.2 Å². The van der Waals surface area contributed by atoms with E-state index >= 15 is 0 Å². The van der Waals surface area contributed by atoms with Gasteiger partial charge in [0.05, 0.1) is 0 Å². The summed E-state index contributed by atoms with van der Waals surface area (Å²) < 4.78 is 0. The maximum atomic E-state index is 12.1. The third-order valence-corrected chi connectivity index (χ3v) is 3.95. The molecule has 2 aliphatic carbocycles. The molecule has 18 heavy (non-hydrogen) atoms. The smallest absolute Gasteiger partial charge is 0.159 e. The fourth-order valence-corrected chi connectivity index (χ4v) is 2.99. The van der Waals surface area contributed by atoms with Crippen LogP contribution >= 0.6 is 0 Å². The standard InChI is InChI=1S/C16H18O2/c1-3-11-7-5-9-13(17)15(11)16-12(4-2)8-6-10-14(16)18/h3-6,9-12,15-16H,1-2,7-8H2/t11-,12-,15+,16?/m1/s1. The fourth-order valence-electron chi connectivity index (χ4n) is 2.99. The molecule has 2 heteroatoms. The maximum absolute atomic E-state index is 12.1. The Hall–Kier alpha value is -1.70. The van der Waals surface area contributed by atoms with Gasteiger partial charge in [-0.25, -0.2) is 0 Å². The molecule has 2 rings (SSSR count). The van der Waals surface area contributed by atoms with Crippen molar-refractivity contribution < 1.29 is 9.59 Å². The van der Waals surface area contributed by atoms with E-state index in [9.17, 15) is 9.59 Å². The molecular formula is C16H18O2. The Balaban J connectivity index is 2.37. The van der Waals surface area contributed by atoms with E-state index in [1.54, 1.807) is 24.3 Å². The normalized spacial score (nSPS) is 35.6. The molecule has 0 bridgehead atoms. The summed E-state index contributed by atoms with van der Waals surface area (Å²) in [6.45, 7) is 7.60. The van der Waals surface area contributed by atoms with Gasteiger partial charge < -0.3 is 0 Å². The third-order valence-electron chi connectivity index (χ3n) is 3.95. The summed E-state index contributed by atoms with van der Waals surface area (Å²) in [5.41, 5.74) is 0. The average molecular weight is 242 g/mol. The molecule has 0 aromatic heterocycles. The molecule has 0 saturated heterocycles. The van der Waals surface area contributed by atoms with Crippen molar-refractivity contribution in [2.24, 2.45) is 23.7 Å². The van der Waals surface area contributed by atoms with E-state index in [0.717, 1.165) is 12.8 Å². The first-order chi connectivity index (χ1) is 8.69. The maximum Gasteiger partial charge on any atom is 0.159 e. The molecule has 4 atom stereocenters. The lowest BCUT2D eigenvalue weighted by Crippen LogP contribution is -2.40. The van der Waals surface area contributed by atoms with Crippen molar-refractivity contribution in [2.75, 3.05) is 0 Å². The number of rotatable bonds is 3. The van der Waals surface area contributed by atoms with E-state index in [4.69, 9.17) is 0 Å². The molecule has 0 aromatic rings. The lowest BCUT2D eigenvalue weighted by Gasteiger charge is -2.35. The Morgan fingerprint density at radius 3 is 1.61 bits per heavy atom. The van der Waals surface area contributed by atoms with E-state index in [1.165, 1.54) is 0 Å². The molecule has 0 spiro atoms. The topological polar surface area (TPSA) is 34.1 Å². The average Bonchev–Trinajstić information content (AvgIpc) is 2.38. The van der Waals surface area contributed by atoms with Gasteiger partial charge >= 0.3 is 0 Å². The molecular weight excluding hydrogens is 224 g/mol. The molecule has 2 nitrogen and oxygen atoms in total. The minimum absolute atomic E-state index is 0.0478. The van der Waals surface area contributed by atoms with Gasteiger partial charge in [-0.3, -0.25) is 9.59 Å². The van der Waals surface area contributed by atoms with Crippen LogP contribution < -0.4 is 0 Å². The SMILES string of the molecule is C=C[C@@H]1CC=CC(=O)C1[C@@H]1C(=O)C=CC[C@H]1C=C. The van der Waals surface area contributed by atoms with Crippen LogP contribution in [0.4, 0.5) is 0 Å². The molecule has 0 N–H and O–H groups in total. The molecule has 0 amide bonds. The van der Waals surface area contributed by atoms with Gasteiger partial charge in [0.15, 0.2) is 11.6 Å². The van der Waals surface area contributed by atoms with Gasteiger partial charge in [-0.15, -0.1) is 13.2 Å². The Kier molecular flexibility index (Phi) is 3.75. The van der Waals surface area contributed by atoms with Gasteiger partial charge in [0, 0.05) is 11.8 Å². The summed E-state index contributed by atoms with van der Waals surface area (Å²) in [5.74, 6) is -0.324. The number of carbonyl (C=O) groups is 2. The predicted molar refractivity (Wildman–Crippen MR) is 71.9 cm³/mol. The van der Waals surface area contributed by atoms with E-state index in [1.807, 2.05) is 12.2 Å². The van der Waals surface area contributed by atoms with Gasteiger partial charge in [0.25, 0.3) is 0 Å². The summed E-state index contributed by atoms with van der Waals surface area (Å²) in [5, 5.41) is 0. The minimum Gasteiger partial charge on any atom is -0.295 e. The molecule has 2 aliphatic rings. The molecule has 0 aliphatic heterocycles. The summed E-state index contributed by atoms with van der Waals surface area (Å²) in [4.78, 5) is 24.2. The number of allylic oxidation sites excluding steroid dienone is 6. The van der Waals surface area contributed by atoms with Crippen molar-refractivity contribution in [1.82, 2.24) is 0 Å². The highest BCUT2D eigenvalue weighted by molar-refractivity contribution is 6.01. The van der Waals surface area contributed by atoms with Crippen LogP contribution in [0.3, 0.4) is 0 Å². The molecule has 0 aromatic carbocycles. The Morgan fingerprint density at radius 1 is 0.889 bits per heavy atom. The number of hydrogen-bond donors (Lipinski definition) is 0. The Morgan fingerprint density at radius 2 is 1.28 bits per heavy atom. The Labute approximate surface area is 108 Å². The summed E-state index contributed by atoms with van der Waals surface area (Å²) in [7, 11) is 0. The first kappa shape index (κ1) is 12.7. The molecule has 0 radical (unpaired) electrons. The zero-order valence-electron chi connectivity index (χ0n) is 10.4. The molecule has 94 valence electrons. The lowest BCUT2D eigenvalue weighted by atomic mass is 9.66. The minimum atomic E-state index is -0.270. The van der Waals surface area contributed by atoms with Gasteiger partial charge in [-0.05, 0) is 36.8 Å². The van der Waals surface area contributed by atoms with Crippen molar-refractivity contribution in [1.29, 1.82) is 0 Å². The molecule has 1 unspecified atom stereocenters. The first-order valence-corrected chi connectivity index (χ1v) is 6.35. The summed E-state index contributed by atoms with van der Waals surface area (Å²) in [6, 6.07) is 0. The van der Waals surface area contributed by atoms with Crippen LogP contribution in [0.5, 0.6) is 0 Å². The molecule has 0 heterocycles. The van der Waals surface area contributed by atoms with Crippen molar-refractivity contribution in [2.45, 2.75) is 12.8 Å². The predicted octanol–water partition coefficient (Wildman–Crippen LogP) is 2.88.